The first-order chi connectivity index (χ1) is 25.0. The fourth-order valence-electron chi connectivity index (χ4n) is 9.17. The molecule has 0 radical (unpaired) electrons. The van der Waals surface area contributed by atoms with Gasteiger partial charge in [0.05, 0.1) is 26.9 Å². The third kappa shape index (κ3) is 6.13. The number of allylic oxidation sites excluding steroid dienone is 6. The molecule has 7 heteroatoms. The van der Waals surface area contributed by atoms with Crippen molar-refractivity contribution in [2.75, 3.05) is 50.2 Å². The zero-order valence-corrected chi connectivity index (χ0v) is 33.3. The van der Waals surface area contributed by atoms with Crippen LogP contribution in [-0.4, -0.2) is 40.4 Å². The average Bonchev–Trinajstić information content (AvgIpc) is 3.11. The van der Waals surface area contributed by atoms with Gasteiger partial charge in [0.2, 0.25) is 0 Å². The van der Waals surface area contributed by atoms with Gasteiger partial charge in [0.1, 0.15) is 23.0 Å². The Kier molecular flexibility index (Phi) is 8.88. The van der Waals surface area contributed by atoms with Crippen LogP contribution in [0.1, 0.15) is 114 Å². The monoisotopic (exact) mass is 710 g/mol. The lowest BCUT2D eigenvalue weighted by Gasteiger charge is -2.48. The van der Waals surface area contributed by atoms with Crippen molar-refractivity contribution < 1.29 is 14.2 Å². The van der Waals surface area contributed by atoms with Gasteiger partial charge in [-0.15, -0.1) is 0 Å². The van der Waals surface area contributed by atoms with Crippen LogP contribution < -0.4 is 19.3 Å². The van der Waals surface area contributed by atoms with Crippen LogP contribution in [-0.2, 0) is 26.4 Å². The van der Waals surface area contributed by atoms with Gasteiger partial charge in [0, 0.05) is 59.8 Å². The van der Waals surface area contributed by atoms with Crippen LogP contribution in [0.15, 0.2) is 59.2 Å². The summed E-state index contributed by atoms with van der Waals surface area (Å²) in [5.41, 5.74) is 10.4. The summed E-state index contributed by atoms with van der Waals surface area (Å²) in [5.74, 6) is 2.86. The molecule has 276 valence electrons. The Labute approximate surface area is 316 Å². The van der Waals surface area contributed by atoms with Gasteiger partial charge in [-0.2, -0.15) is 0 Å². The molecule has 5 aliphatic rings. The molecular formula is C46H54N4O3. The largest absolute Gasteiger partial charge is 0.496 e. The summed E-state index contributed by atoms with van der Waals surface area (Å²) in [6.07, 6.45) is 15.8. The van der Waals surface area contributed by atoms with E-state index in [0.717, 1.165) is 74.5 Å². The molecular weight excluding hydrogens is 657 g/mol. The third-order valence-electron chi connectivity index (χ3n) is 12.6. The van der Waals surface area contributed by atoms with E-state index in [0.29, 0.717) is 17.1 Å². The van der Waals surface area contributed by atoms with Crippen LogP contribution in [0, 0.1) is 17.9 Å². The number of ether oxygens (including phenoxy) is 3. The predicted molar refractivity (Wildman–Crippen MR) is 216 cm³/mol. The van der Waals surface area contributed by atoms with E-state index in [1.165, 1.54) is 33.6 Å². The Balaban J connectivity index is 1.30. The van der Waals surface area contributed by atoms with Crippen molar-refractivity contribution in [1.82, 2.24) is 0 Å². The molecule has 0 amide bonds. The van der Waals surface area contributed by atoms with Crippen LogP contribution in [0.3, 0.4) is 0 Å². The quantitative estimate of drug-likeness (QED) is 0.220. The Hall–Kier alpha value is -4.88. The zero-order valence-electron chi connectivity index (χ0n) is 33.3. The number of methoxy groups -OCH3 is 2. The highest BCUT2D eigenvalue weighted by molar-refractivity contribution is 5.79. The van der Waals surface area contributed by atoms with Crippen molar-refractivity contribution in [3.63, 3.8) is 0 Å². The molecule has 53 heavy (non-hydrogen) atoms. The second-order valence-electron chi connectivity index (χ2n) is 17.9. The summed E-state index contributed by atoms with van der Waals surface area (Å²) in [4.78, 5) is 8.64. The molecule has 7 rings (SSSR count). The normalized spacial score (nSPS) is 21.5. The number of benzene rings is 2. The zero-order chi connectivity index (χ0) is 38.1. The molecule has 2 aromatic rings. The summed E-state index contributed by atoms with van der Waals surface area (Å²) in [5, 5.41) is 9.90. The SMILES string of the molecule is [C-]#[N+]C(C#N)=C1C=C(/C=C/c2cc3c4c(c2OC)C(C)(C)CCN4CCC3(C)C)OC(/C=C/c2cc3c4c(c2OC)C(C)(C)CCN4CCC3(C)C)=C1. The van der Waals surface area contributed by atoms with Crippen LogP contribution >= 0.6 is 0 Å². The lowest BCUT2D eigenvalue weighted by molar-refractivity contribution is 0.332. The maximum Gasteiger partial charge on any atom is 0.269 e. The van der Waals surface area contributed by atoms with Gasteiger partial charge in [0.15, 0.2) is 0 Å². The van der Waals surface area contributed by atoms with Crippen LogP contribution in [0.2, 0.25) is 0 Å². The standard InChI is InChI=1S/C46H54N4O3/c1-43(2)16-20-49-22-18-45(5,6)37-39(49)34(43)26-29(41(37)51-10)12-14-32-24-31(36(28-47)48-9)25-33(53-32)15-13-30-27-35-40-38(42(30)52-11)46(7,8)19-23-50(40)21-17-44(35,3)4/h12-15,24-27H,16-23H2,1-8,10-11H3/b14-12+,15-13+. The minimum absolute atomic E-state index is 0.0175. The van der Waals surface area contributed by atoms with E-state index in [4.69, 9.17) is 20.8 Å². The molecule has 0 aliphatic carbocycles. The molecule has 5 heterocycles. The van der Waals surface area contributed by atoms with E-state index < -0.39 is 0 Å². The molecule has 0 atom stereocenters. The minimum Gasteiger partial charge on any atom is -0.496 e. The van der Waals surface area contributed by atoms with Crippen LogP contribution in [0.5, 0.6) is 11.5 Å². The smallest absolute Gasteiger partial charge is 0.269 e. The Morgan fingerprint density at radius 1 is 0.698 bits per heavy atom. The first-order valence-corrected chi connectivity index (χ1v) is 19.1. The fourth-order valence-corrected chi connectivity index (χ4v) is 9.17. The van der Waals surface area contributed by atoms with Crippen molar-refractivity contribution in [3.8, 4) is 17.6 Å². The first kappa shape index (κ1) is 36.5. The number of hydrogen-bond donors (Lipinski definition) is 0. The highest BCUT2D eigenvalue weighted by Gasteiger charge is 2.44. The minimum atomic E-state index is -0.0450. The maximum atomic E-state index is 9.90. The van der Waals surface area contributed by atoms with Crippen molar-refractivity contribution >= 4 is 23.5 Å². The summed E-state index contributed by atoms with van der Waals surface area (Å²) < 4.78 is 18.9. The van der Waals surface area contributed by atoms with E-state index >= 15 is 0 Å². The molecule has 0 N–H and O–H groups in total. The number of nitriles is 1. The van der Waals surface area contributed by atoms with Gasteiger partial charge in [-0.05, 0) is 113 Å². The molecule has 0 bridgehead atoms. The summed E-state index contributed by atoms with van der Waals surface area (Å²) in [6, 6.07) is 6.66. The molecule has 2 aromatic carbocycles. The summed E-state index contributed by atoms with van der Waals surface area (Å²) in [6.45, 7) is 30.6. The maximum absolute atomic E-state index is 9.90. The lowest BCUT2D eigenvalue weighted by atomic mass is 9.68. The van der Waals surface area contributed by atoms with E-state index in [9.17, 15) is 5.26 Å². The highest BCUT2D eigenvalue weighted by Crippen LogP contribution is 2.55. The summed E-state index contributed by atoms with van der Waals surface area (Å²) in [7, 11) is 3.53. The van der Waals surface area contributed by atoms with Crippen molar-refractivity contribution in [2.24, 2.45) is 0 Å². The molecule has 0 aromatic heterocycles. The van der Waals surface area contributed by atoms with Crippen LogP contribution in [0.4, 0.5) is 11.4 Å². The van der Waals surface area contributed by atoms with E-state index in [1.54, 1.807) is 26.4 Å². The van der Waals surface area contributed by atoms with Gasteiger partial charge >= 0.3 is 0 Å². The molecule has 0 fully saturated rings. The fraction of sp³-hybridized carbons (Fsp3) is 0.478. The lowest BCUT2D eigenvalue weighted by Crippen LogP contribution is -2.45. The van der Waals surface area contributed by atoms with Crippen molar-refractivity contribution in [2.45, 2.75) is 103 Å². The third-order valence-corrected chi connectivity index (χ3v) is 12.6. The van der Waals surface area contributed by atoms with Crippen molar-refractivity contribution in [3.05, 3.63) is 104 Å². The highest BCUT2D eigenvalue weighted by atomic mass is 16.5. The first-order valence-electron chi connectivity index (χ1n) is 19.1. The van der Waals surface area contributed by atoms with Crippen molar-refractivity contribution in [1.29, 1.82) is 5.26 Å². The molecule has 0 spiro atoms. The average molecular weight is 711 g/mol. The molecule has 0 saturated heterocycles. The Morgan fingerprint density at radius 3 is 1.45 bits per heavy atom. The van der Waals surface area contributed by atoms with E-state index in [-0.39, 0.29) is 27.4 Å². The van der Waals surface area contributed by atoms with E-state index in [2.05, 4.69) is 100 Å². The Bertz CT molecular complexity index is 1970. The molecule has 0 unspecified atom stereocenters. The topological polar surface area (TPSA) is 62.3 Å². The number of anilines is 2. The van der Waals surface area contributed by atoms with Gasteiger partial charge < -0.3 is 24.0 Å². The van der Waals surface area contributed by atoms with Gasteiger partial charge in [-0.3, -0.25) is 0 Å². The van der Waals surface area contributed by atoms with Gasteiger partial charge in [-0.25, -0.2) is 10.1 Å². The van der Waals surface area contributed by atoms with E-state index in [1.807, 2.05) is 12.2 Å². The number of nitrogens with zero attached hydrogens (tertiary/aromatic N) is 4. The number of rotatable bonds is 6. The molecule has 0 saturated carbocycles. The van der Waals surface area contributed by atoms with Crippen LogP contribution in [0.25, 0.3) is 17.0 Å². The predicted octanol–water partition coefficient (Wildman–Crippen LogP) is 10.3. The summed E-state index contributed by atoms with van der Waals surface area (Å²) >= 11 is 0. The second-order valence-corrected chi connectivity index (χ2v) is 17.9. The molecule has 5 aliphatic heterocycles. The van der Waals surface area contributed by atoms with Gasteiger partial charge in [0.25, 0.3) is 5.70 Å². The Morgan fingerprint density at radius 2 is 1.09 bits per heavy atom. The van der Waals surface area contributed by atoms with Gasteiger partial charge in [-0.1, -0.05) is 55.4 Å². The molecule has 7 nitrogen and oxygen atoms in total. The second kappa shape index (κ2) is 12.9. The number of hydrogen-bond acceptors (Lipinski definition) is 6.